The van der Waals surface area contributed by atoms with Crippen LogP contribution >= 0.6 is 0 Å². The molecule has 1 amide bonds. The minimum absolute atomic E-state index is 0.0692. The summed E-state index contributed by atoms with van der Waals surface area (Å²) in [5.41, 5.74) is 0.281. The summed E-state index contributed by atoms with van der Waals surface area (Å²) in [7, 11) is 0. The van der Waals surface area contributed by atoms with Crippen molar-refractivity contribution in [3.05, 3.63) is 0 Å². The van der Waals surface area contributed by atoms with Crippen molar-refractivity contribution in [2.75, 3.05) is 65.4 Å². The number of aliphatic carboxylic acids is 1. The number of carbonyl (C=O) groups is 2. The molecule has 0 aromatic rings. The Kier molecular flexibility index (Phi) is 8.58. The van der Waals surface area contributed by atoms with E-state index in [9.17, 15) is 9.59 Å². The first-order valence-electron chi connectivity index (χ1n) is 12.1. The number of piperazine rings is 1. The van der Waals surface area contributed by atoms with E-state index in [1.54, 1.807) is 0 Å². The maximum absolute atomic E-state index is 12.2. The molecule has 8 heteroatoms. The van der Waals surface area contributed by atoms with E-state index < -0.39 is 5.97 Å². The van der Waals surface area contributed by atoms with Gasteiger partial charge < -0.3 is 14.7 Å². The molecule has 0 spiro atoms. The van der Waals surface area contributed by atoms with E-state index in [0.29, 0.717) is 6.54 Å². The molecule has 0 saturated carbocycles. The normalized spacial score (nSPS) is 25.2. The van der Waals surface area contributed by atoms with Gasteiger partial charge in [-0.05, 0) is 59.0 Å². The average molecular weight is 439 g/mol. The van der Waals surface area contributed by atoms with E-state index in [2.05, 4.69) is 30.6 Å². The lowest BCUT2D eigenvalue weighted by Crippen LogP contribution is -2.50. The predicted octanol–water partition coefficient (Wildman–Crippen LogP) is 2.19. The van der Waals surface area contributed by atoms with Crippen molar-refractivity contribution >= 4 is 12.1 Å². The Morgan fingerprint density at radius 3 is 2.29 bits per heavy atom. The van der Waals surface area contributed by atoms with Crippen molar-refractivity contribution in [2.45, 2.75) is 64.5 Å². The molecule has 0 aromatic heterocycles. The van der Waals surface area contributed by atoms with Crippen molar-refractivity contribution in [2.24, 2.45) is 5.92 Å². The maximum atomic E-state index is 12.2. The van der Waals surface area contributed by atoms with Crippen molar-refractivity contribution in [1.82, 2.24) is 19.6 Å². The van der Waals surface area contributed by atoms with Crippen LogP contribution < -0.4 is 0 Å². The van der Waals surface area contributed by atoms with Gasteiger partial charge in [-0.3, -0.25) is 19.5 Å². The Morgan fingerprint density at radius 2 is 1.68 bits per heavy atom. The number of ether oxygens (including phenoxy) is 1. The van der Waals surface area contributed by atoms with Crippen LogP contribution in [0.2, 0.25) is 0 Å². The van der Waals surface area contributed by atoms with Crippen LogP contribution in [-0.4, -0.2) is 114 Å². The van der Waals surface area contributed by atoms with Crippen molar-refractivity contribution in [3.63, 3.8) is 0 Å². The second kappa shape index (κ2) is 11.0. The zero-order valence-electron chi connectivity index (χ0n) is 19.7. The molecule has 3 rings (SSSR count). The monoisotopic (exact) mass is 438 g/mol. The molecule has 1 N–H and O–H groups in total. The van der Waals surface area contributed by atoms with Gasteiger partial charge in [0.05, 0.1) is 13.1 Å². The SMILES string of the molecule is CC(C)(C)N1CCC(CCCCN2CC(CN3CCN(CC(=O)O)CC3)OC2=O)CC1. The number of carboxylic acid groups (broad SMARTS) is 1. The number of nitrogens with zero attached hydrogens (tertiary/aromatic N) is 4. The van der Waals surface area contributed by atoms with Gasteiger partial charge in [-0.15, -0.1) is 0 Å². The Balaban J connectivity index is 1.27. The lowest BCUT2D eigenvalue weighted by molar-refractivity contribution is -0.138. The van der Waals surface area contributed by atoms with Gasteiger partial charge in [-0.25, -0.2) is 4.79 Å². The van der Waals surface area contributed by atoms with Crippen molar-refractivity contribution in [3.8, 4) is 0 Å². The Hall–Kier alpha value is -1.38. The topological polar surface area (TPSA) is 76.6 Å². The van der Waals surface area contributed by atoms with E-state index >= 15 is 0 Å². The zero-order chi connectivity index (χ0) is 22.4. The molecule has 31 heavy (non-hydrogen) atoms. The number of amides is 1. The third-order valence-electron chi connectivity index (χ3n) is 7.09. The molecule has 8 nitrogen and oxygen atoms in total. The minimum atomic E-state index is -0.774. The summed E-state index contributed by atoms with van der Waals surface area (Å²) in [6.07, 6.45) is 5.85. The van der Waals surface area contributed by atoms with E-state index in [1.165, 1.54) is 38.8 Å². The molecule has 1 unspecified atom stereocenters. The summed E-state index contributed by atoms with van der Waals surface area (Å²) in [4.78, 5) is 31.8. The Bertz CT molecular complexity index is 593. The first-order chi connectivity index (χ1) is 14.7. The first kappa shape index (κ1) is 24.3. The molecule has 3 saturated heterocycles. The number of carbonyl (C=O) groups excluding carboxylic acids is 1. The quantitative estimate of drug-likeness (QED) is 0.553. The molecule has 0 aromatic carbocycles. The second-order valence-corrected chi connectivity index (χ2v) is 10.5. The van der Waals surface area contributed by atoms with Gasteiger partial charge in [-0.1, -0.05) is 12.8 Å². The number of carboxylic acids is 1. The molecule has 3 fully saturated rings. The zero-order valence-corrected chi connectivity index (χ0v) is 19.7. The van der Waals surface area contributed by atoms with Crippen LogP contribution in [0.15, 0.2) is 0 Å². The number of rotatable bonds is 9. The molecule has 178 valence electrons. The first-order valence-corrected chi connectivity index (χ1v) is 12.1. The van der Waals surface area contributed by atoms with Gasteiger partial charge in [0.2, 0.25) is 0 Å². The Morgan fingerprint density at radius 1 is 1.03 bits per heavy atom. The summed E-state index contributed by atoms with van der Waals surface area (Å²) in [5, 5.41) is 8.90. The molecule has 3 aliphatic heterocycles. The maximum Gasteiger partial charge on any atom is 0.410 e. The van der Waals surface area contributed by atoms with Crippen LogP contribution in [0.25, 0.3) is 0 Å². The highest BCUT2D eigenvalue weighted by atomic mass is 16.6. The highest BCUT2D eigenvalue weighted by molar-refractivity contribution is 5.70. The van der Waals surface area contributed by atoms with Crippen LogP contribution in [0.1, 0.15) is 52.9 Å². The number of likely N-dealkylation sites (tertiary alicyclic amines) is 1. The summed E-state index contributed by atoms with van der Waals surface area (Å²) in [6, 6.07) is 0. The second-order valence-electron chi connectivity index (χ2n) is 10.5. The van der Waals surface area contributed by atoms with Crippen LogP contribution in [-0.2, 0) is 9.53 Å². The van der Waals surface area contributed by atoms with Gasteiger partial charge in [0.25, 0.3) is 0 Å². The fraction of sp³-hybridized carbons (Fsp3) is 0.913. The summed E-state index contributed by atoms with van der Waals surface area (Å²) < 4.78 is 5.59. The lowest BCUT2D eigenvalue weighted by atomic mass is 9.89. The third kappa shape index (κ3) is 7.61. The summed E-state index contributed by atoms with van der Waals surface area (Å²) >= 11 is 0. The highest BCUT2D eigenvalue weighted by Crippen LogP contribution is 2.27. The van der Waals surface area contributed by atoms with Crippen LogP contribution in [0, 0.1) is 5.92 Å². The fourth-order valence-corrected chi connectivity index (χ4v) is 5.09. The third-order valence-corrected chi connectivity index (χ3v) is 7.09. The number of hydrogen-bond acceptors (Lipinski definition) is 6. The van der Waals surface area contributed by atoms with Gasteiger partial charge in [0.1, 0.15) is 6.10 Å². The number of hydrogen-bond donors (Lipinski definition) is 1. The van der Waals surface area contributed by atoms with E-state index in [-0.39, 0.29) is 24.3 Å². The number of unbranched alkanes of at least 4 members (excludes halogenated alkanes) is 1. The lowest BCUT2D eigenvalue weighted by Gasteiger charge is -2.41. The molecule has 3 heterocycles. The molecule has 0 radical (unpaired) electrons. The molecule has 3 aliphatic rings. The fourth-order valence-electron chi connectivity index (χ4n) is 5.09. The van der Waals surface area contributed by atoms with Gasteiger partial charge in [0, 0.05) is 44.8 Å². The predicted molar refractivity (Wildman–Crippen MR) is 120 cm³/mol. The highest BCUT2D eigenvalue weighted by Gasteiger charge is 2.33. The summed E-state index contributed by atoms with van der Waals surface area (Å²) in [5.74, 6) is 0.0563. The summed E-state index contributed by atoms with van der Waals surface area (Å²) in [6.45, 7) is 14.8. The number of piperidine rings is 1. The van der Waals surface area contributed by atoms with Crippen LogP contribution in [0.5, 0.6) is 0 Å². The van der Waals surface area contributed by atoms with Gasteiger partial charge >= 0.3 is 12.1 Å². The molecule has 0 bridgehead atoms. The standard InChI is InChI=1S/C23H42N4O4/c1-23(2,3)27-10-7-19(8-11-27)6-4-5-9-26-17-20(31-22(26)30)16-24-12-14-25(15-13-24)18-21(28)29/h19-20H,4-18H2,1-3H3,(H,28,29). The van der Waals surface area contributed by atoms with E-state index in [1.807, 2.05) is 9.80 Å². The average Bonchev–Trinajstić information content (AvgIpc) is 3.05. The smallest absolute Gasteiger partial charge is 0.410 e. The molecular formula is C23H42N4O4. The van der Waals surface area contributed by atoms with Crippen LogP contribution in [0.3, 0.4) is 0 Å². The van der Waals surface area contributed by atoms with Gasteiger partial charge in [-0.2, -0.15) is 0 Å². The van der Waals surface area contributed by atoms with Gasteiger partial charge in [0.15, 0.2) is 0 Å². The van der Waals surface area contributed by atoms with Crippen molar-refractivity contribution < 1.29 is 19.4 Å². The minimum Gasteiger partial charge on any atom is -0.480 e. The largest absolute Gasteiger partial charge is 0.480 e. The van der Waals surface area contributed by atoms with Crippen LogP contribution in [0.4, 0.5) is 4.79 Å². The molecule has 1 atom stereocenters. The van der Waals surface area contributed by atoms with Crippen molar-refractivity contribution in [1.29, 1.82) is 0 Å². The molecule has 0 aliphatic carbocycles. The Labute approximate surface area is 187 Å². The van der Waals surface area contributed by atoms with E-state index in [4.69, 9.17) is 9.84 Å². The van der Waals surface area contributed by atoms with E-state index in [0.717, 1.165) is 51.6 Å². The number of cyclic esters (lactones) is 1. The molecular weight excluding hydrogens is 396 g/mol.